The van der Waals surface area contributed by atoms with Gasteiger partial charge in [-0.1, -0.05) is 18.2 Å². The molecule has 112 valence electrons. The van der Waals surface area contributed by atoms with Gasteiger partial charge in [0.05, 0.1) is 13.2 Å². The lowest BCUT2D eigenvalue weighted by molar-refractivity contribution is 0.0378. The van der Waals surface area contributed by atoms with E-state index in [0.717, 1.165) is 51.6 Å². The summed E-state index contributed by atoms with van der Waals surface area (Å²) in [6, 6.07) is 8.46. The molecule has 0 atom stereocenters. The summed E-state index contributed by atoms with van der Waals surface area (Å²) in [5.41, 5.74) is 1.30. The minimum atomic E-state index is 0.873. The van der Waals surface area contributed by atoms with Crippen LogP contribution in [0.15, 0.2) is 30.5 Å². The van der Waals surface area contributed by atoms with Crippen LogP contribution >= 0.6 is 0 Å². The van der Waals surface area contributed by atoms with E-state index in [1.54, 1.807) is 0 Å². The second-order valence-electron chi connectivity index (χ2n) is 5.56. The van der Waals surface area contributed by atoms with Crippen molar-refractivity contribution in [1.29, 1.82) is 0 Å². The zero-order valence-electron chi connectivity index (χ0n) is 12.6. The van der Waals surface area contributed by atoms with Crippen LogP contribution in [0, 0.1) is 6.92 Å². The Morgan fingerprint density at radius 1 is 1.19 bits per heavy atom. The van der Waals surface area contributed by atoms with E-state index < -0.39 is 0 Å². The summed E-state index contributed by atoms with van der Waals surface area (Å²) in [6.45, 7) is 8.09. The zero-order valence-corrected chi connectivity index (χ0v) is 12.6. The van der Waals surface area contributed by atoms with Crippen molar-refractivity contribution in [2.75, 3.05) is 44.7 Å². The summed E-state index contributed by atoms with van der Waals surface area (Å²) in [5.74, 6) is 0.998. The van der Waals surface area contributed by atoms with Crippen LogP contribution in [0.4, 0.5) is 5.82 Å². The quantitative estimate of drug-likeness (QED) is 0.857. The van der Waals surface area contributed by atoms with Crippen molar-refractivity contribution in [2.24, 2.45) is 0 Å². The molecule has 1 saturated heterocycles. The fraction of sp³-hybridized carbons (Fsp3) is 0.471. The number of rotatable bonds is 5. The molecule has 0 spiro atoms. The SMILES string of the molecule is Cc1cccc2c(NCCCN3CCOCC3)nccc12. The molecule has 0 unspecified atom stereocenters. The Balaban J connectivity index is 1.57. The maximum Gasteiger partial charge on any atom is 0.133 e. The Kier molecular flexibility index (Phi) is 4.68. The minimum Gasteiger partial charge on any atom is -0.379 e. The molecule has 0 aliphatic carbocycles. The number of ether oxygens (including phenoxy) is 1. The first-order chi connectivity index (χ1) is 10.3. The molecule has 1 aliphatic heterocycles. The van der Waals surface area contributed by atoms with Crippen molar-refractivity contribution in [3.05, 3.63) is 36.0 Å². The van der Waals surface area contributed by atoms with Crippen molar-refractivity contribution >= 4 is 16.6 Å². The molecule has 2 aromatic rings. The first-order valence-electron chi connectivity index (χ1n) is 7.73. The highest BCUT2D eigenvalue weighted by Crippen LogP contribution is 2.23. The summed E-state index contributed by atoms with van der Waals surface area (Å²) in [7, 11) is 0. The van der Waals surface area contributed by atoms with Gasteiger partial charge in [-0.3, -0.25) is 4.90 Å². The fourth-order valence-electron chi connectivity index (χ4n) is 2.84. The molecule has 1 aliphatic rings. The number of nitrogens with zero attached hydrogens (tertiary/aromatic N) is 2. The molecule has 4 nitrogen and oxygen atoms in total. The molecule has 0 saturated carbocycles. The molecule has 0 bridgehead atoms. The number of nitrogens with one attached hydrogen (secondary N) is 1. The fourth-order valence-corrected chi connectivity index (χ4v) is 2.84. The van der Waals surface area contributed by atoms with Crippen LogP contribution in [0.5, 0.6) is 0 Å². The highest BCUT2D eigenvalue weighted by molar-refractivity contribution is 5.93. The van der Waals surface area contributed by atoms with Crippen molar-refractivity contribution in [2.45, 2.75) is 13.3 Å². The molecule has 1 aromatic heterocycles. The first-order valence-corrected chi connectivity index (χ1v) is 7.73. The van der Waals surface area contributed by atoms with Crippen LogP contribution in [-0.4, -0.2) is 49.3 Å². The van der Waals surface area contributed by atoms with Gasteiger partial charge in [0, 0.05) is 31.2 Å². The molecular weight excluding hydrogens is 262 g/mol. The highest BCUT2D eigenvalue weighted by atomic mass is 16.5. The van der Waals surface area contributed by atoms with E-state index in [9.17, 15) is 0 Å². The molecule has 2 heterocycles. The molecule has 3 rings (SSSR count). The van der Waals surface area contributed by atoms with Crippen molar-refractivity contribution in [1.82, 2.24) is 9.88 Å². The van der Waals surface area contributed by atoms with Gasteiger partial charge in [0.15, 0.2) is 0 Å². The second-order valence-corrected chi connectivity index (χ2v) is 5.56. The third-order valence-electron chi connectivity index (χ3n) is 4.07. The molecule has 4 heteroatoms. The Labute approximate surface area is 126 Å². The van der Waals surface area contributed by atoms with E-state index in [-0.39, 0.29) is 0 Å². The zero-order chi connectivity index (χ0) is 14.5. The Hall–Kier alpha value is -1.65. The van der Waals surface area contributed by atoms with Crippen LogP contribution < -0.4 is 5.32 Å². The smallest absolute Gasteiger partial charge is 0.133 e. The molecule has 1 N–H and O–H groups in total. The van der Waals surface area contributed by atoms with E-state index in [4.69, 9.17) is 4.74 Å². The number of fused-ring (bicyclic) bond motifs is 1. The highest BCUT2D eigenvalue weighted by Gasteiger charge is 2.09. The van der Waals surface area contributed by atoms with Crippen LogP contribution in [0.25, 0.3) is 10.8 Å². The van der Waals surface area contributed by atoms with Gasteiger partial charge in [0.1, 0.15) is 5.82 Å². The number of anilines is 1. The van der Waals surface area contributed by atoms with Gasteiger partial charge in [0.25, 0.3) is 0 Å². The first kappa shape index (κ1) is 14.3. The number of morpholine rings is 1. The van der Waals surface area contributed by atoms with Crippen LogP contribution in [-0.2, 0) is 4.74 Å². The molecule has 1 aromatic carbocycles. The number of hydrogen-bond acceptors (Lipinski definition) is 4. The number of benzene rings is 1. The Bertz CT molecular complexity index is 594. The van der Waals surface area contributed by atoms with Crippen molar-refractivity contribution < 1.29 is 4.74 Å². The van der Waals surface area contributed by atoms with E-state index in [2.05, 4.69) is 46.4 Å². The van der Waals surface area contributed by atoms with E-state index >= 15 is 0 Å². The van der Waals surface area contributed by atoms with E-state index in [1.165, 1.54) is 16.3 Å². The third-order valence-corrected chi connectivity index (χ3v) is 4.07. The number of pyridine rings is 1. The average molecular weight is 285 g/mol. The minimum absolute atomic E-state index is 0.873. The Morgan fingerprint density at radius 2 is 2.05 bits per heavy atom. The molecule has 21 heavy (non-hydrogen) atoms. The van der Waals surface area contributed by atoms with Crippen molar-refractivity contribution in [3.63, 3.8) is 0 Å². The number of aryl methyl sites for hydroxylation is 1. The molecular formula is C17H23N3O. The second kappa shape index (κ2) is 6.87. The maximum atomic E-state index is 5.37. The maximum absolute atomic E-state index is 5.37. The van der Waals surface area contributed by atoms with E-state index in [1.807, 2.05) is 6.20 Å². The molecule has 0 radical (unpaired) electrons. The van der Waals surface area contributed by atoms with Gasteiger partial charge in [-0.15, -0.1) is 0 Å². The lowest BCUT2D eigenvalue weighted by Crippen LogP contribution is -2.37. The predicted molar refractivity (Wildman–Crippen MR) is 86.8 cm³/mol. The lowest BCUT2D eigenvalue weighted by atomic mass is 10.1. The monoisotopic (exact) mass is 285 g/mol. The summed E-state index contributed by atoms with van der Waals surface area (Å²) in [5, 5.41) is 5.98. The summed E-state index contributed by atoms with van der Waals surface area (Å²) in [6.07, 6.45) is 3.02. The predicted octanol–water partition coefficient (Wildman–Crippen LogP) is 2.68. The van der Waals surface area contributed by atoms with E-state index in [0.29, 0.717) is 0 Å². The number of aromatic nitrogens is 1. The van der Waals surface area contributed by atoms with Gasteiger partial charge in [-0.2, -0.15) is 0 Å². The van der Waals surface area contributed by atoms with Crippen LogP contribution in [0.1, 0.15) is 12.0 Å². The van der Waals surface area contributed by atoms with Gasteiger partial charge < -0.3 is 10.1 Å². The standard InChI is InChI=1S/C17H23N3O/c1-14-4-2-5-16-15(14)6-8-19-17(16)18-7-3-9-20-10-12-21-13-11-20/h2,4-6,8H,3,7,9-13H2,1H3,(H,18,19). The Morgan fingerprint density at radius 3 is 2.90 bits per heavy atom. The van der Waals surface area contributed by atoms with Crippen LogP contribution in [0.2, 0.25) is 0 Å². The lowest BCUT2D eigenvalue weighted by Gasteiger charge is -2.26. The third kappa shape index (κ3) is 3.52. The normalized spacial score (nSPS) is 16.2. The molecule has 1 fully saturated rings. The number of hydrogen-bond donors (Lipinski definition) is 1. The average Bonchev–Trinajstić information content (AvgIpc) is 2.53. The van der Waals surface area contributed by atoms with Crippen molar-refractivity contribution in [3.8, 4) is 0 Å². The van der Waals surface area contributed by atoms with Gasteiger partial charge in [-0.25, -0.2) is 4.98 Å². The summed E-state index contributed by atoms with van der Waals surface area (Å²) >= 11 is 0. The van der Waals surface area contributed by atoms with Crippen LogP contribution in [0.3, 0.4) is 0 Å². The van der Waals surface area contributed by atoms with Gasteiger partial charge >= 0.3 is 0 Å². The summed E-state index contributed by atoms with van der Waals surface area (Å²) in [4.78, 5) is 6.95. The van der Waals surface area contributed by atoms with Gasteiger partial charge in [0.2, 0.25) is 0 Å². The molecule has 0 amide bonds. The summed E-state index contributed by atoms with van der Waals surface area (Å²) < 4.78 is 5.37. The topological polar surface area (TPSA) is 37.4 Å². The van der Waals surface area contributed by atoms with Gasteiger partial charge in [-0.05, 0) is 36.9 Å². The largest absolute Gasteiger partial charge is 0.379 e.